The highest BCUT2D eigenvalue weighted by atomic mass is 32.1. The Balaban J connectivity index is 3.05. The third kappa shape index (κ3) is 4.35. The fraction of sp³-hybridized carbons (Fsp3) is 0.571. The smallest absolute Gasteiger partial charge is 0.263 e. The lowest BCUT2D eigenvalue weighted by Gasteiger charge is -2.06. The summed E-state index contributed by atoms with van der Waals surface area (Å²) in [5.74, 6) is -0.509. The number of carbonyl (C=O) groups excluding carboxylic acids is 2. The van der Waals surface area contributed by atoms with Gasteiger partial charge in [0.2, 0.25) is 0 Å². The third-order valence-electron chi connectivity index (χ3n) is 2.96. The molecule has 1 aromatic rings. The quantitative estimate of drug-likeness (QED) is 0.552. The van der Waals surface area contributed by atoms with Gasteiger partial charge in [-0.2, -0.15) is 0 Å². The maximum atomic E-state index is 12.1. The minimum atomic E-state index is -0.280. The lowest BCUT2D eigenvalue weighted by atomic mass is 10.2. The summed E-state index contributed by atoms with van der Waals surface area (Å²) in [4.78, 5) is 24.5. The fourth-order valence-electron chi connectivity index (χ4n) is 1.78. The van der Waals surface area contributed by atoms with Crippen molar-refractivity contribution < 1.29 is 9.59 Å². The summed E-state index contributed by atoms with van der Waals surface area (Å²) < 4.78 is 0. The highest BCUT2D eigenvalue weighted by Crippen LogP contribution is 2.35. The molecule has 21 heavy (non-hydrogen) atoms. The Labute approximate surface area is 129 Å². The van der Waals surface area contributed by atoms with Crippen LogP contribution in [0.4, 0.5) is 10.7 Å². The molecule has 0 aliphatic heterocycles. The number of hydrogen-bond acceptors (Lipinski definition) is 5. The molecule has 0 fully saturated rings. The second kappa shape index (κ2) is 8.51. The molecular formula is C14H24N4O2S. The second-order valence-electron chi connectivity index (χ2n) is 4.66. The molecule has 0 saturated heterocycles. The number of rotatable bonds is 8. The number of hydrogen-bond donors (Lipinski definition) is 4. The Hall–Kier alpha value is -1.76. The SMILES string of the molecule is CCCCNc1sc(C(=O)NCCC)c(N)c1C(=O)NC. The van der Waals surface area contributed by atoms with Crippen LogP contribution in [0.15, 0.2) is 0 Å². The van der Waals surface area contributed by atoms with E-state index in [0.717, 1.165) is 25.8 Å². The molecule has 0 aliphatic carbocycles. The number of nitrogens with one attached hydrogen (secondary N) is 3. The van der Waals surface area contributed by atoms with Crippen molar-refractivity contribution in [3.8, 4) is 0 Å². The molecular weight excluding hydrogens is 288 g/mol. The summed E-state index contributed by atoms with van der Waals surface area (Å²) in [6.07, 6.45) is 2.89. The number of anilines is 2. The molecule has 0 unspecified atom stereocenters. The predicted octanol–water partition coefficient (Wildman–Crippen LogP) is 2.04. The van der Waals surface area contributed by atoms with E-state index in [1.54, 1.807) is 7.05 Å². The van der Waals surface area contributed by atoms with Crippen LogP contribution in [0.1, 0.15) is 53.1 Å². The second-order valence-corrected chi connectivity index (χ2v) is 5.68. The zero-order valence-corrected chi connectivity index (χ0v) is 13.7. The molecule has 6 nitrogen and oxygen atoms in total. The standard InChI is InChI=1S/C14H24N4O2S/c1-4-6-8-18-14-9(12(19)16-3)10(15)11(21-14)13(20)17-7-5-2/h18H,4-8,15H2,1-3H3,(H,16,19)(H,17,20). The normalized spacial score (nSPS) is 10.2. The van der Waals surface area contributed by atoms with Crippen molar-refractivity contribution in [2.75, 3.05) is 31.2 Å². The zero-order valence-electron chi connectivity index (χ0n) is 12.8. The molecule has 5 N–H and O–H groups in total. The molecule has 2 amide bonds. The van der Waals surface area contributed by atoms with Crippen LogP contribution < -0.4 is 21.7 Å². The van der Waals surface area contributed by atoms with Gasteiger partial charge in [0.15, 0.2) is 0 Å². The Kier molecular flexibility index (Phi) is 7.01. The van der Waals surface area contributed by atoms with E-state index < -0.39 is 0 Å². The summed E-state index contributed by atoms with van der Waals surface area (Å²) in [7, 11) is 1.55. The zero-order chi connectivity index (χ0) is 15.8. The Bertz CT molecular complexity index is 499. The number of carbonyl (C=O) groups is 2. The maximum absolute atomic E-state index is 12.1. The van der Waals surface area contributed by atoms with Gasteiger partial charge in [-0.05, 0) is 12.8 Å². The lowest BCUT2D eigenvalue weighted by molar-refractivity contribution is 0.0957. The third-order valence-corrected chi connectivity index (χ3v) is 4.12. The van der Waals surface area contributed by atoms with E-state index in [9.17, 15) is 9.59 Å². The van der Waals surface area contributed by atoms with Crippen molar-refractivity contribution in [3.05, 3.63) is 10.4 Å². The van der Waals surface area contributed by atoms with Crippen LogP contribution in [0.5, 0.6) is 0 Å². The molecule has 1 aromatic heterocycles. The van der Waals surface area contributed by atoms with Gasteiger partial charge in [-0.1, -0.05) is 20.3 Å². The molecule has 0 spiro atoms. The van der Waals surface area contributed by atoms with E-state index in [0.29, 0.717) is 22.0 Å². The van der Waals surface area contributed by atoms with E-state index in [1.807, 2.05) is 6.92 Å². The van der Waals surface area contributed by atoms with Gasteiger partial charge in [-0.25, -0.2) is 0 Å². The van der Waals surface area contributed by atoms with Gasteiger partial charge < -0.3 is 21.7 Å². The van der Waals surface area contributed by atoms with Gasteiger partial charge in [-0.3, -0.25) is 9.59 Å². The molecule has 0 aliphatic rings. The number of amides is 2. The van der Waals surface area contributed by atoms with Crippen molar-refractivity contribution in [2.45, 2.75) is 33.1 Å². The summed E-state index contributed by atoms with van der Waals surface area (Å²) in [5, 5.41) is 9.20. The van der Waals surface area contributed by atoms with E-state index in [-0.39, 0.29) is 17.5 Å². The van der Waals surface area contributed by atoms with E-state index in [4.69, 9.17) is 5.73 Å². The van der Waals surface area contributed by atoms with E-state index in [2.05, 4.69) is 22.9 Å². The fourth-order valence-corrected chi connectivity index (χ4v) is 2.84. The summed E-state index contributed by atoms with van der Waals surface area (Å²) >= 11 is 1.23. The van der Waals surface area contributed by atoms with Crippen molar-refractivity contribution in [1.82, 2.24) is 10.6 Å². The van der Waals surface area contributed by atoms with Crippen molar-refractivity contribution in [1.29, 1.82) is 0 Å². The van der Waals surface area contributed by atoms with Gasteiger partial charge in [0.1, 0.15) is 9.88 Å². The average molecular weight is 312 g/mol. The van der Waals surface area contributed by atoms with Gasteiger partial charge in [-0.15, -0.1) is 11.3 Å². The highest BCUT2D eigenvalue weighted by molar-refractivity contribution is 7.19. The van der Waals surface area contributed by atoms with Crippen LogP contribution in [0.2, 0.25) is 0 Å². The first-order valence-electron chi connectivity index (χ1n) is 7.23. The van der Waals surface area contributed by atoms with Crippen molar-refractivity contribution in [2.24, 2.45) is 0 Å². The molecule has 0 bridgehead atoms. The summed E-state index contributed by atoms with van der Waals surface area (Å²) in [6.45, 7) is 5.40. The summed E-state index contributed by atoms with van der Waals surface area (Å²) in [6, 6.07) is 0. The number of nitrogens with two attached hydrogens (primary N) is 1. The van der Waals surface area contributed by atoms with Crippen LogP contribution in [0, 0.1) is 0 Å². The molecule has 0 aromatic carbocycles. The maximum Gasteiger partial charge on any atom is 0.263 e. The lowest BCUT2D eigenvalue weighted by Crippen LogP contribution is -2.24. The first-order chi connectivity index (χ1) is 10.1. The van der Waals surface area contributed by atoms with Gasteiger partial charge in [0.25, 0.3) is 11.8 Å². The molecule has 7 heteroatoms. The molecule has 0 radical (unpaired) electrons. The first-order valence-corrected chi connectivity index (χ1v) is 8.04. The van der Waals surface area contributed by atoms with Gasteiger partial charge >= 0.3 is 0 Å². The predicted molar refractivity (Wildman–Crippen MR) is 88.1 cm³/mol. The van der Waals surface area contributed by atoms with Crippen LogP contribution in [-0.2, 0) is 0 Å². The molecule has 0 atom stereocenters. The Morgan fingerprint density at radius 2 is 1.86 bits per heavy atom. The molecule has 0 saturated carbocycles. The number of nitrogen functional groups attached to an aromatic ring is 1. The van der Waals surface area contributed by atoms with Crippen molar-refractivity contribution in [3.63, 3.8) is 0 Å². The monoisotopic (exact) mass is 312 g/mol. The average Bonchev–Trinajstić information content (AvgIpc) is 2.81. The topological polar surface area (TPSA) is 96.2 Å². The van der Waals surface area contributed by atoms with E-state index in [1.165, 1.54) is 11.3 Å². The Morgan fingerprint density at radius 3 is 2.43 bits per heavy atom. The van der Waals surface area contributed by atoms with Crippen LogP contribution >= 0.6 is 11.3 Å². The van der Waals surface area contributed by atoms with Crippen LogP contribution in [0.3, 0.4) is 0 Å². The summed E-state index contributed by atoms with van der Waals surface area (Å²) in [5.41, 5.74) is 6.61. The Morgan fingerprint density at radius 1 is 1.14 bits per heavy atom. The number of thiophene rings is 1. The molecule has 118 valence electrons. The number of unbranched alkanes of at least 4 members (excludes halogenated alkanes) is 1. The van der Waals surface area contributed by atoms with Crippen LogP contribution in [-0.4, -0.2) is 32.0 Å². The van der Waals surface area contributed by atoms with Gasteiger partial charge in [0.05, 0.1) is 11.3 Å². The minimum Gasteiger partial charge on any atom is -0.397 e. The van der Waals surface area contributed by atoms with Gasteiger partial charge in [0, 0.05) is 20.1 Å². The van der Waals surface area contributed by atoms with Crippen LogP contribution in [0.25, 0.3) is 0 Å². The van der Waals surface area contributed by atoms with E-state index >= 15 is 0 Å². The molecule has 1 rings (SSSR count). The largest absolute Gasteiger partial charge is 0.397 e. The molecule has 1 heterocycles. The first kappa shape index (κ1) is 17.3. The van der Waals surface area contributed by atoms with Crippen molar-refractivity contribution >= 4 is 33.8 Å². The minimum absolute atomic E-state index is 0.229. The highest BCUT2D eigenvalue weighted by Gasteiger charge is 2.24.